The van der Waals surface area contributed by atoms with Gasteiger partial charge in [-0.05, 0) is 19.1 Å². The molecule has 1 atom stereocenters. The Labute approximate surface area is 112 Å². The van der Waals surface area contributed by atoms with Crippen LogP contribution in [-0.2, 0) is 14.4 Å². The molecule has 0 aromatic heterocycles. The van der Waals surface area contributed by atoms with Gasteiger partial charge in [0, 0.05) is 25.9 Å². The summed E-state index contributed by atoms with van der Waals surface area (Å²) in [5, 5.41) is 2.54. The Morgan fingerprint density at radius 2 is 2.22 bits per heavy atom. The van der Waals surface area contributed by atoms with E-state index in [-0.39, 0.29) is 23.0 Å². The average molecular weight is 272 g/mol. The molecule has 0 bridgehead atoms. The van der Waals surface area contributed by atoms with E-state index in [0.29, 0.717) is 32.4 Å². The standard InChI is InChI=1S/C12H20N2O3S/c1-3-6-13-10(15)5-4-7-14-11(16)8-9(18-2)12(14)17/h9H,3-8H2,1-2H3,(H,13,15). The first-order valence-electron chi connectivity index (χ1n) is 6.23. The summed E-state index contributed by atoms with van der Waals surface area (Å²) in [6, 6.07) is 0. The van der Waals surface area contributed by atoms with Gasteiger partial charge >= 0.3 is 0 Å². The highest BCUT2D eigenvalue weighted by Crippen LogP contribution is 2.23. The van der Waals surface area contributed by atoms with Crippen LogP contribution in [0.5, 0.6) is 0 Å². The third-order valence-corrected chi connectivity index (χ3v) is 3.78. The van der Waals surface area contributed by atoms with E-state index in [0.717, 1.165) is 6.42 Å². The second-order valence-corrected chi connectivity index (χ2v) is 5.31. The lowest BCUT2D eigenvalue weighted by Crippen LogP contribution is -2.33. The Hall–Kier alpha value is -1.04. The zero-order valence-electron chi connectivity index (χ0n) is 10.9. The van der Waals surface area contributed by atoms with E-state index < -0.39 is 0 Å². The van der Waals surface area contributed by atoms with E-state index >= 15 is 0 Å². The highest BCUT2D eigenvalue weighted by molar-refractivity contribution is 8.00. The molecule has 1 aliphatic rings. The summed E-state index contributed by atoms with van der Waals surface area (Å²) in [5.41, 5.74) is 0. The monoisotopic (exact) mass is 272 g/mol. The van der Waals surface area contributed by atoms with Crippen molar-refractivity contribution in [2.75, 3.05) is 19.3 Å². The number of likely N-dealkylation sites (tertiary alicyclic amines) is 1. The van der Waals surface area contributed by atoms with Gasteiger partial charge in [0.05, 0.1) is 5.25 Å². The van der Waals surface area contributed by atoms with Crippen molar-refractivity contribution in [2.45, 2.75) is 37.9 Å². The van der Waals surface area contributed by atoms with Gasteiger partial charge in [-0.2, -0.15) is 11.8 Å². The molecular formula is C12H20N2O3S. The molecule has 3 amide bonds. The quantitative estimate of drug-likeness (QED) is 0.696. The number of nitrogens with one attached hydrogen (secondary N) is 1. The molecule has 102 valence electrons. The topological polar surface area (TPSA) is 66.5 Å². The number of amides is 3. The number of rotatable bonds is 7. The Morgan fingerprint density at radius 1 is 1.50 bits per heavy atom. The number of nitrogens with zero attached hydrogens (tertiary/aromatic N) is 1. The van der Waals surface area contributed by atoms with Crippen molar-refractivity contribution in [3.8, 4) is 0 Å². The molecule has 0 saturated carbocycles. The second-order valence-electron chi connectivity index (χ2n) is 4.27. The van der Waals surface area contributed by atoms with Gasteiger partial charge in [-0.25, -0.2) is 0 Å². The minimum absolute atomic E-state index is 0.0163. The lowest BCUT2D eigenvalue weighted by Gasteiger charge is -2.14. The van der Waals surface area contributed by atoms with Crippen LogP contribution in [0.15, 0.2) is 0 Å². The predicted molar refractivity (Wildman–Crippen MR) is 71.2 cm³/mol. The van der Waals surface area contributed by atoms with Crippen molar-refractivity contribution in [3.63, 3.8) is 0 Å². The average Bonchev–Trinajstić information content (AvgIpc) is 2.63. The largest absolute Gasteiger partial charge is 0.356 e. The third kappa shape index (κ3) is 4.01. The van der Waals surface area contributed by atoms with Gasteiger partial charge in [0.15, 0.2) is 0 Å². The number of thioether (sulfide) groups is 1. The third-order valence-electron chi connectivity index (χ3n) is 2.84. The van der Waals surface area contributed by atoms with Gasteiger partial charge in [0.25, 0.3) is 0 Å². The van der Waals surface area contributed by atoms with Crippen molar-refractivity contribution in [2.24, 2.45) is 0 Å². The molecule has 0 aliphatic carbocycles. The summed E-state index contributed by atoms with van der Waals surface area (Å²) < 4.78 is 0. The number of imide groups is 1. The second kappa shape index (κ2) is 7.41. The summed E-state index contributed by atoms with van der Waals surface area (Å²) in [5.74, 6) is -0.243. The van der Waals surface area contributed by atoms with Crippen LogP contribution < -0.4 is 5.32 Å². The van der Waals surface area contributed by atoms with Crippen molar-refractivity contribution >= 4 is 29.5 Å². The fourth-order valence-corrected chi connectivity index (χ4v) is 2.46. The maximum absolute atomic E-state index is 11.8. The van der Waals surface area contributed by atoms with E-state index in [9.17, 15) is 14.4 Å². The molecule has 1 unspecified atom stereocenters. The van der Waals surface area contributed by atoms with E-state index in [1.54, 1.807) is 0 Å². The fraction of sp³-hybridized carbons (Fsp3) is 0.750. The predicted octanol–water partition coefficient (Wildman–Crippen LogP) is 0.783. The molecule has 1 rings (SSSR count). The van der Waals surface area contributed by atoms with E-state index in [1.165, 1.54) is 16.7 Å². The summed E-state index contributed by atoms with van der Waals surface area (Å²) in [4.78, 5) is 36.0. The molecule has 0 aromatic carbocycles. The molecule has 0 aromatic rings. The SMILES string of the molecule is CCCNC(=O)CCCN1C(=O)CC(SC)C1=O. The van der Waals surface area contributed by atoms with Gasteiger partial charge in [0.2, 0.25) is 17.7 Å². The molecule has 1 aliphatic heterocycles. The Bertz CT molecular complexity index is 333. The molecule has 0 spiro atoms. The Kier molecular flexibility index (Phi) is 6.18. The normalized spacial score (nSPS) is 19.4. The summed E-state index contributed by atoms with van der Waals surface area (Å²) in [6.07, 6.45) is 3.93. The van der Waals surface area contributed by atoms with Gasteiger partial charge in [-0.3, -0.25) is 19.3 Å². The Morgan fingerprint density at radius 3 is 2.78 bits per heavy atom. The lowest BCUT2D eigenvalue weighted by atomic mass is 10.2. The van der Waals surface area contributed by atoms with Crippen molar-refractivity contribution in [3.05, 3.63) is 0 Å². The Balaban J connectivity index is 2.29. The molecule has 1 saturated heterocycles. The van der Waals surface area contributed by atoms with Crippen LogP contribution in [0.25, 0.3) is 0 Å². The van der Waals surface area contributed by atoms with Crippen LogP contribution in [0.4, 0.5) is 0 Å². The number of carbonyl (C=O) groups is 3. The number of hydrogen-bond acceptors (Lipinski definition) is 4. The first-order valence-corrected chi connectivity index (χ1v) is 7.52. The van der Waals surface area contributed by atoms with Crippen LogP contribution in [0.3, 0.4) is 0 Å². The highest BCUT2D eigenvalue weighted by atomic mass is 32.2. The molecule has 6 heteroatoms. The highest BCUT2D eigenvalue weighted by Gasteiger charge is 2.37. The smallest absolute Gasteiger partial charge is 0.242 e. The lowest BCUT2D eigenvalue weighted by molar-refractivity contribution is -0.138. The van der Waals surface area contributed by atoms with E-state index in [2.05, 4.69) is 5.32 Å². The van der Waals surface area contributed by atoms with Crippen LogP contribution in [0, 0.1) is 0 Å². The van der Waals surface area contributed by atoms with Crippen LogP contribution >= 0.6 is 11.8 Å². The zero-order valence-corrected chi connectivity index (χ0v) is 11.7. The summed E-state index contributed by atoms with van der Waals surface area (Å²) in [7, 11) is 0. The molecule has 1 N–H and O–H groups in total. The van der Waals surface area contributed by atoms with E-state index in [4.69, 9.17) is 0 Å². The van der Waals surface area contributed by atoms with Crippen molar-refractivity contribution in [1.82, 2.24) is 10.2 Å². The van der Waals surface area contributed by atoms with Gasteiger partial charge in [-0.1, -0.05) is 6.92 Å². The number of carbonyl (C=O) groups excluding carboxylic acids is 3. The van der Waals surface area contributed by atoms with Crippen molar-refractivity contribution < 1.29 is 14.4 Å². The minimum atomic E-state index is -0.230. The maximum Gasteiger partial charge on any atom is 0.242 e. The molecular weight excluding hydrogens is 252 g/mol. The van der Waals surface area contributed by atoms with Crippen molar-refractivity contribution in [1.29, 1.82) is 0 Å². The molecule has 0 radical (unpaired) electrons. The van der Waals surface area contributed by atoms with E-state index in [1.807, 2.05) is 13.2 Å². The molecule has 1 heterocycles. The maximum atomic E-state index is 11.8. The molecule has 5 nitrogen and oxygen atoms in total. The zero-order chi connectivity index (χ0) is 13.5. The first-order chi connectivity index (χ1) is 8.60. The molecule has 18 heavy (non-hydrogen) atoms. The summed E-state index contributed by atoms with van der Waals surface area (Å²) >= 11 is 1.41. The van der Waals surface area contributed by atoms with Crippen LogP contribution in [0.1, 0.15) is 32.6 Å². The first kappa shape index (κ1) is 15.0. The minimum Gasteiger partial charge on any atom is -0.356 e. The van der Waals surface area contributed by atoms with Crippen LogP contribution in [-0.4, -0.2) is 47.2 Å². The van der Waals surface area contributed by atoms with Gasteiger partial charge in [-0.15, -0.1) is 0 Å². The molecule has 1 fully saturated rings. The van der Waals surface area contributed by atoms with Gasteiger partial charge < -0.3 is 5.32 Å². The van der Waals surface area contributed by atoms with Crippen LogP contribution in [0.2, 0.25) is 0 Å². The summed E-state index contributed by atoms with van der Waals surface area (Å²) in [6.45, 7) is 3.02. The number of hydrogen-bond donors (Lipinski definition) is 1. The van der Waals surface area contributed by atoms with Gasteiger partial charge in [0.1, 0.15) is 0 Å². The fourth-order valence-electron chi connectivity index (χ4n) is 1.82.